The van der Waals surface area contributed by atoms with E-state index < -0.39 is 0 Å². The summed E-state index contributed by atoms with van der Waals surface area (Å²) in [4.78, 5) is 7.00. The molecule has 0 radical (unpaired) electrons. The van der Waals surface area contributed by atoms with E-state index >= 15 is 0 Å². The number of likely N-dealkylation sites (tertiary alicyclic amines) is 1. The number of halogens is 1. The number of rotatable bonds is 2. The molecule has 1 aliphatic carbocycles. The van der Waals surface area contributed by atoms with Crippen LogP contribution in [0.5, 0.6) is 0 Å². The van der Waals surface area contributed by atoms with Crippen molar-refractivity contribution in [2.45, 2.75) is 44.3 Å². The summed E-state index contributed by atoms with van der Waals surface area (Å²) in [6.45, 7) is 3.33. The van der Waals surface area contributed by atoms with E-state index in [-0.39, 0.29) is 24.0 Å². The molecule has 4 rings (SSSR count). The van der Waals surface area contributed by atoms with Gasteiger partial charge in [0.25, 0.3) is 0 Å². The molecule has 0 aromatic carbocycles. The average Bonchev–Trinajstić information content (AvgIpc) is 3.21. The minimum absolute atomic E-state index is 0. The van der Waals surface area contributed by atoms with Crippen LogP contribution >= 0.6 is 24.0 Å². The minimum Gasteiger partial charge on any atom is -0.374 e. The summed E-state index contributed by atoms with van der Waals surface area (Å²) >= 11 is 0. The number of hydrogen-bond donors (Lipinski definition) is 1. The van der Waals surface area contributed by atoms with E-state index in [0.717, 1.165) is 43.3 Å². The Morgan fingerprint density at radius 1 is 1.18 bits per heavy atom. The Morgan fingerprint density at radius 3 is 2.50 bits per heavy atom. The third-order valence-electron chi connectivity index (χ3n) is 5.89. The van der Waals surface area contributed by atoms with Crippen molar-refractivity contribution in [3.05, 3.63) is 12.2 Å². The maximum Gasteiger partial charge on any atom is 0.193 e. The molecule has 0 aromatic heterocycles. The van der Waals surface area contributed by atoms with Crippen LogP contribution in [0.4, 0.5) is 0 Å². The zero-order valence-electron chi connectivity index (χ0n) is 13.4. The molecule has 4 aliphatic rings. The predicted octanol–water partition coefficient (Wildman–Crippen LogP) is 2.65. The van der Waals surface area contributed by atoms with Crippen molar-refractivity contribution in [2.75, 3.05) is 26.7 Å². The first kappa shape index (κ1) is 16.6. The fourth-order valence-electron chi connectivity index (χ4n) is 4.74. The van der Waals surface area contributed by atoms with Gasteiger partial charge in [0.15, 0.2) is 5.96 Å². The fourth-order valence-corrected chi connectivity index (χ4v) is 4.74. The van der Waals surface area contributed by atoms with Gasteiger partial charge in [0.2, 0.25) is 0 Å². The highest BCUT2D eigenvalue weighted by atomic mass is 127. The number of ether oxygens (including phenoxy) is 1. The largest absolute Gasteiger partial charge is 0.374 e. The van der Waals surface area contributed by atoms with Gasteiger partial charge in [0.1, 0.15) is 0 Å². The third-order valence-corrected chi connectivity index (χ3v) is 5.89. The van der Waals surface area contributed by atoms with Crippen LogP contribution in [-0.4, -0.2) is 49.7 Å². The second kappa shape index (κ2) is 7.07. The number of aliphatic imine (C=N–C) groups is 1. The van der Waals surface area contributed by atoms with Gasteiger partial charge in [0, 0.05) is 38.5 Å². The predicted molar refractivity (Wildman–Crippen MR) is 99.7 cm³/mol. The zero-order chi connectivity index (χ0) is 14.2. The Balaban J connectivity index is 0.00000144. The van der Waals surface area contributed by atoms with Crippen LogP contribution in [-0.2, 0) is 4.74 Å². The third kappa shape index (κ3) is 3.03. The number of nitrogens with one attached hydrogen (secondary N) is 1. The first-order chi connectivity index (χ1) is 10.3. The molecule has 22 heavy (non-hydrogen) atoms. The maximum atomic E-state index is 6.06. The number of guanidine groups is 1. The van der Waals surface area contributed by atoms with Crippen molar-refractivity contribution >= 4 is 29.9 Å². The molecule has 3 saturated heterocycles. The summed E-state index contributed by atoms with van der Waals surface area (Å²) < 4.78 is 6.06. The average molecular weight is 417 g/mol. The molecule has 2 bridgehead atoms. The van der Waals surface area contributed by atoms with E-state index in [2.05, 4.69) is 27.4 Å². The summed E-state index contributed by atoms with van der Waals surface area (Å²) in [7, 11) is 1.92. The monoisotopic (exact) mass is 417 g/mol. The lowest BCUT2D eigenvalue weighted by atomic mass is 9.82. The standard InChI is InChI=1S/C17H27N3O.HI/c1-18-17(19-9-12-5-3-2-4-6-12)20-10-13-14(11-20)16-8-7-15(13)21-16;/h2-3,12-16H,4-11H2,1H3,(H,18,19);1H. The first-order valence-electron chi connectivity index (χ1n) is 8.61. The lowest BCUT2D eigenvalue weighted by molar-refractivity contribution is 0.0767. The highest BCUT2D eigenvalue weighted by Gasteiger charge is 2.53. The molecule has 0 amide bonds. The summed E-state index contributed by atoms with van der Waals surface area (Å²) in [6, 6.07) is 0. The van der Waals surface area contributed by atoms with Gasteiger partial charge >= 0.3 is 0 Å². The lowest BCUT2D eigenvalue weighted by Crippen LogP contribution is -2.43. The highest BCUT2D eigenvalue weighted by molar-refractivity contribution is 14.0. The highest BCUT2D eigenvalue weighted by Crippen LogP contribution is 2.47. The molecule has 5 atom stereocenters. The van der Waals surface area contributed by atoms with Gasteiger partial charge in [-0.2, -0.15) is 0 Å². The molecule has 3 fully saturated rings. The summed E-state index contributed by atoms with van der Waals surface area (Å²) in [5.74, 6) is 3.38. The second-order valence-electron chi connectivity index (χ2n) is 7.10. The van der Waals surface area contributed by atoms with Crippen molar-refractivity contribution in [1.82, 2.24) is 10.2 Å². The summed E-state index contributed by atoms with van der Waals surface area (Å²) in [6.07, 6.45) is 12.0. The van der Waals surface area contributed by atoms with E-state index in [4.69, 9.17) is 4.74 Å². The topological polar surface area (TPSA) is 36.9 Å². The van der Waals surface area contributed by atoms with Gasteiger partial charge in [-0.3, -0.25) is 4.99 Å². The number of nitrogens with zero attached hydrogens (tertiary/aromatic N) is 2. The van der Waals surface area contributed by atoms with Crippen LogP contribution < -0.4 is 5.32 Å². The van der Waals surface area contributed by atoms with Crippen LogP contribution in [0.25, 0.3) is 0 Å². The first-order valence-corrected chi connectivity index (χ1v) is 8.61. The van der Waals surface area contributed by atoms with E-state index in [9.17, 15) is 0 Å². The molecule has 3 heterocycles. The number of allylic oxidation sites excluding steroid dienone is 2. The maximum absolute atomic E-state index is 6.06. The number of hydrogen-bond acceptors (Lipinski definition) is 2. The summed E-state index contributed by atoms with van der Waals surface area (Å²) in [5, 5.41) is 3.62. The normalized spacial score (nSPS) is 39.8. The summed E-state index contributed by atoms with van der Waals surface area (Å²) in [5.41, 5.74) is 0. The molecular formula is C17H28IN3O. The van der Waals surface area contributed by atoms with Crippen LogP contribution in [0.15, 0.2) is 17.1 Å². The quantitative estimate of drug-likeness (QED) is 0.325. The van der Waals surface area contributed by atoms with Gasteiger partial charge in [-0.25, -0.2) is 0 Å². The fraction of sp³-hybridized carbons (Fsp3) is 0.824. The molecule has 5 heteroatoms. The van der Waals surface area contributed by atoms with Crippen LogP contribution in [0, 0.1) is 17.8 Å². The molecule has 4 nitrogen and oxygen atoms in total. The van der Waals surface area contributed by atoms with Crippen molar-refractivity contribution in [2.24, 2.45) is 22.7 Å². The van der Waals surface area contributed by atoms with Gasteiger partial charge < -0.3 is 15.0 Å². The van der Waals surface area contributed by atoms with Crippen molar-refractivity contribution < 1.29 is 4.74 Å². The lowest BCUT2D eigenvalue weighted by Gasteiger charge is -2.26. The molecule has 124 valence electrons. The SMILES string of the molecule is CN=C(NCC1CC=CCC1)N1CC2C3CCC(O3)C2C1.I. The van der Waals surface area contributed by atoms with E-state index in [1.165, 1.54) is 32.1 Å². The van der Waals surface area contributed by atoms with Crippen molar-refractivity contribution in [1.29, 1.82) is 0 Å². The Labute approximate surface area is 150 Å². The van der Waals surface area contributed by atoms with Gasteiger partial charge in [-0.05, 0) is 38.0 Å². The van der Waals surface area contributed by atoms with E-state index in [1.54, 1.807) is 0 Å². The molecule has 3 aliphatic heterocycles. The van der Waals surface area contributed by atoms with E-state index in [0.29, 0.717) is 12.2 Å². The molecule has 0 saturated carbocycles. The van der Waals surface area contributed by atoms with Gasteiger partial charge in [0.05, 0.1) is 12.2 Å². The molecular weight excluding hydrogens is 389 g/mol. The van der Waals surface area contributed by atoms with Crippen LogP contribution in [0.1, 0.15) is 32.1 Å². The van der Waals surface area contributed by atoms with Crippen LogP contribution in [0.2, 0.25) is 0 Å². The molecule has 0 spiro atoms. The van der Waals surface area contributed by atoms with Crippen molar-refractivity contribution in [3.8, 4) is 0 Å². The Hall–Kier alpha value is -0.300. The molecule has 5 unspecified atom stereocenters. The minimum atomic E-state index is 0. The van der Waals surface area contributed by atoms with E-state index in [1.807, 2.05) is 7.05 Å². The molecule has 1 N–H and O–H groups in total. The van der Waals surface area contributed by atoms with Gasteiger partial charge in [-0.15, -0.1) is 24.0 Å². The second-order valence-corrected chi connectivity index (χ2v) is 7.10. The van der Waals surface area contributed by atoms with Gasteiger partial charge in [-0.1, -0.05) is 12.2 Å². The smallest absolute Gasteiger partial charge is 0.193 e. The Morgan fingerprint density at radius 2 is 1.91 bits per heavy atom. The molecule has 0 aromatic rings. The van der Waals surface area contributed by atoms with Crippen molar-refractivity contribution in [3.63, 3.8) is 0 Å². The van der Waals surface area contributed by atoms with Crippen LogP contribution in [0.3, 0.4) is 0 Å². The Kier molecular flexibility index (Phi) is 5.32. The Bertz CT molecular complexity index is 435. The zero-order valence-corrected chi connectivity index (χ0v) is 15.7. The number of fused-ring (bicyclic) bond motifs is 5.